The van der Waals surface area contributed by atoms with Gasteiger partial charge in [-0.1, -0.05) is 5.92 Å². The quantitative estimate of drug-likeness (QED) is 0.348. The molecule has 0 unspecified atom stereocenters. The van der Waals surface area contributed by atoms with Crippen LogP contribution in [0, 0.1) is 12.3 Å². The van der Waals surface area contributed by atoms with Crippen molar-refractivity contribution in [1.82, 2.24) is 0 Å². The van der Waals surface area contributed by atoms with E-state index in [2.05, 4.69) is 11.2 Å². The highest BCUT2D eigenvalue weighted by Crippen LogP contribution is 1.71. The minimum atomic E-state index is -1.59. The summed E-state index contributed by atoms with van der Waals surface area (Å²) >= 11 is 0. The molecule has 0 fully saturated rings. The molecule has 0 atom stereocenters. The van der Waals surface area contributed by atoms with Gasteiger partial charge in [-0.2, -0.15) is 9.90 Å². The predicted molar refractivity (Wildman–Crippen MR) is 20.9 cm³/mol. The largest absolute Gasteiger partial charge is 0.550 e. The van der Waals surface area contributed by atoms with Crippen molar-refractivity contribution < 1.29 is 14.6 Å². The van der Waals surface area contributed by atoms with Gasteiger partial charge in [0.05, 0.1) is 0 Å². The van der Waals surface area contributed by atoms with Crippen LogP contribution in [0.3, 0.4) is 0 Å². The van der Waals surface area contributed by atoms with Crippen LogP contribution >= 0.6 is 0 Å². The topological polar surface area (TPSA) is 46.2 Å². The summed E-state index contributed by atoms with van der Waals surface area (Å²) in [5.74, 6) is 1.96. The van der Waals surface area contributed by atoms with Gasteiger partial charge in [0.2, 0.25) is 0 Å². The molecular weight excluding hydrogens is 96.0 g/mol. The number of terminal acetylenes is 1. The number of carbonyl (C=O) groups excluding carboxylic acids is 1. The molecule has 3 nitrogen and oxygen atoms in total. The third-order valence-electron chi connectivity index (χ3n) is 0.273. The smallest absolute Gasteiger partial charge is 0.419 e. The predicted octanol–water partition coefficient (Wildman–Crippen LogP) is 0.187. The van der Waals surface area contributed by atoms with E-state index in [4.69, 9.17) is 0 Å². The SMILES string of the molecule is C#CCOC([O])=O. The molecule has 0 aliphatic rings. The maximum absolute atomic E-state index is 9.33. The van der Waals surface area contributed by atoms with Gasteiger partial charge in [-0.3, -0.25) is 0 Å². The average molecular weight is 99.1 g/mol. The van der Waals surface area contributed by atoms with Gasteiger partial charge in [0.25, 0.3) is 0 Å². The summed E-state index contributed by atoms with van der Waals surface area (Å²) in [5, 5.41) is 9.33. The van der Waals surface area contributed by atoms with Crippen LogP contribution < -0.4 is 0 Å². The summed E-state index contributed by atoms with van der Waals surface area (Å²) < 4.78 is 3.76. The van der Waals surface area contributed by atoms with Crippen LogP contribution in [-0.2, 0) is 9.84 Å². The van der Waals surface area contributed by atoms with E-state index >= 15 is 0 Å². The Morgan fingerprint density at radius 1 is 1.86 bits per heavy atom. The van der Waals surface area contributed by atoms with Crippen LogP contribution in [0.15, 0.2) is 0 Å². The summed E-state index contributed by atoms with van der Waals surface area (Å²) in [6, 6.07) is 0. The molecule has 0 amide bonds. The number of hydrogen-bond acceptors (Lipinski definition) is 2. The van der Waals surface area contributed by atoms with E-state index < -0.39 is 6.16 Å². The van der Waals surface area contributed by atoms with E-state index in [0.717, 1.165) is 0 Å². The van der Waals surface area contributed by atoms with Gasteiger partial charge in [0.1, 0.15) is 0 Å². The van der Waals surface area contributed by atoms with E-state index in [-0.39, 0.29) is 6.61 Å². The Morgan fingerprint density at radius 3 is 2.57 bits per heavy atom. The first-order valence-corrected chi connectivity index (χ1v) is 1.54. The van der Waals surface area contributed by atoms with Crippen molar-refractivity contribution in [2.45, 2.75) is 0 Å². The van der Waals surface area contributed by atoms with Gasteiger partial charge in [-0.25, -0.2) is 0 Å². The molecule has 7 heavy (non-hydrogen) atoms. The Kier molecular flexibility index (Phi) is 2.53. The van der Waals surface area contributed by atoms with Crippen LogP contribution in [0.4, 0.5) is 4.79 Å². The highest BCUT2D eigenvalue weighted by molar-refractivity contribution is 5.56. The molecule has 3 heteroatoms. The molecule has 0 N–H and O–H groups in total. The van der Waals surface area contributed by atoms with Crippen molar-refractivity contribution in [2.75, 3.05) is 6.61 Å². The van der Waals surface area contributed by atoms with E-state index in [0.29, 0.717) is 0 Å². The zero-order valence-corrected chi connectivity index (χ0v) is 3.51. The van der Waals surface area contributed by atoms with Crippen molar-refractivity contribution in [2.24, 2.45) is 0 Å². The number of carbonyl (C=O) groups is 1. The fraction of sp³-hybridized carbons (Fsp3) is 0.250. The molecule has 0 aromatic carbocycles. The third kappa shape index (κ3) is 4.83. The number of hydrogen-bond donors (Lipinski definition) is 0. The lowest BCUT2D eigenvalue weighted by molar-refractivity contribution is 0.0784. The second kappa shape index (κ2) is 3.04. The standard InChI is InChI=1S/C4H3O3/c1-2-3-7-4(5)6/h1H,3H2. The number of ether oxygens (including phenoxy) is 1. The Hall–Kier alpha value is -1.17. The molecule has 0 aromatic rings. The van der Waals surface area contributed by atoms with Crippen LogP contribution in [0.5, 0.6) is 0 Å². The zero-order chi connectivity index (χ0) is 5.70. The Labute approximate surface area is 40.9 Å². The molecule has 37 valence electrons. The highest BCUT2D eigenvalue weighted by Gasteiger charge is 1.92. The van der Waals surface area contributed by atoms with Crippen molar-refractivity contribution >= 4 is 6.16 Å². The van der Waals surface area contributed by atoms with Gasteiger partial charge in [0, 0.05) is 0 Å². The van der Waals surface area contributed by atoms with Crippen molar-refractivity contribution in [3.63, 3.8) is 0 Å². The van der Waals surface area contributed by atoms with Gasteiger partial charge in [-0.05, 0) is 0 Å². The lowest BCUT2D eigenvalue weighted by Crippen LogP contribution is -1.96. The summed E-state index contributed by atoms with van der Waals surface area (Å²) in [4.78, 5) is 9.33. The Morgan fingerprint density at radius 2 is 2.43 bits per heavy atom. The molecule has 0 aliphatic carbocycles. The molecule has 0 saturated carbocycles. The highest BCUT2D eigenvalue weighted by atomic mass is 16.7. The summed E-state index contributed by atoms with van der Waals surface area (Å²) in [6.45, 7) is -0.234. The zero-order valence-electron chi connectivity index (χ0n) is 3.51. The van der Waals surface area contributed by atoms with Crippen LogP contribution in [0.25, 0.3) is 0 Å². The van der Waals surface area contributed by atoms with Crippen LogP contribution in [0.2, 0.25) is 0 Å². The van der Waals surface area contributed by atoms with E-state index in [1.54, 1.807) is 0 Å². The van der Waals surface area contributed by atoms with Crippen molar-refractivity contribution in [3.05, 3.63) is 0 Å². The van der Waals surface area contributed by atoms with E-state index in [9.17, 15) is 9.90 Å². The summed E-state index contributed by atoms with van der Waals surface area (Å²) in [6.07, 6.45) is 3.03. The summed E-state index contributed by atoms with van der Waals surface area (Å²) in [7, 11) is 0. The Bertz CT molecular complexity index is 100.0. The molecule has 0 aliphatic heterocycles. The van der Waals surface area contributed by atoms with E-state index in [1.165, 1.54) is 0 Å². The van der Waals surface area contributed by atoms with Gasteiger partial charge < -0.3 is 4.74 Å². The molecule has 0 rings (SSSR count). The van der Waals surface area contributed by atoms with Gasteiger partial charge >= 0.3 is 6.16 Å². The van der Waals surface area contributed by atoms with Gasteiger partial charge in [0.15, 0.2) is 6.61 Å². The normalized spacial score (nSPS) is 6.71. The molecule has 0 aromatic heterocycles. The van der Waals surface area contributed by atoms with Crippen molar-refractivity contribution in [1.29, 1.82) is 0 Å². The fourth-order valence-corrected chi connectivity index (χ4v) is 0.101. The second-order valence-corrected chi connectivity index (χ2v) is 0.743. The molecule has 1 radical (unpaired) electrons. The first-order valence-electron chi connectivity index (χ1n) is 1.54. The van der Waals surface area contributed by atoms with Crippen LogP contribution in [0.1, 0.15) is 0 Å². The minimum absolute atomic E-state index is 0.234. The third-order valence-corrected chi connectivity index (χ3v) is 0.273. The molecule has 0 heterocycles. The second-order valence-electron chi connectivity index (χ2n) is 0.743. The first kappa shape index (κ1) is 5.83. The average Bonchev–Trinajstić information content (AvgIpc) is 1.61. The maximum atomic E-state index is 9.33. The monoisotopic (exact) mass is 99.0 g/mol. The summed E-state index contributed by atoms with van der Waals surface area (Å²) in [5.41, 5.74) is 0. The fourth-order valence-electron chi connectivity index (χ4n) is 0.101. The molecule has 0 saturated heterocycles. The molecular formula is C4H3O3. The molecule has 0 bridgehead atoms. The Balaban J connectivity index is 3.02. The van der Waals surface area contributed by atoms with Gasteiger partial charge in [-0.15, -0.1) is 6.42 Å². The first-order chi connectivity index (χ1) is 3.27. The minimum Gasteiger partial charge on any atom is -0.419 e. The number of rotatable bonds is 1. The van der Waals surface area contributed by atoms with Crippen LogP contribution in [-0.4, -0.2) is 12.8 Å². The molecule has 0 spiro atoms. The lowest BCUT2D eigenvalue weighted by Gasteiger charge is -1.83. The maximum Gasteiger partial charge on any atom is 0.550 e. The van der Waals surface area contributed by atoms with Crippen molar-refractivity contribution in [3.8, 4) is 12.3 Å². The van der Waals surface area contributed by atoms with E-state index in [1.807, 2.05) is 5.92 Å². The lowest BCUT2D eigenvalue weighted by atomic mass is 10.8.